The molecular formula is C11H16O5S. The van der Waals surface area contributed by atoms with Crippen molar-refractivity contribution in [2.45, 2.75) is 18.8 Å². The Labute approximate surface area is 104 Å². The standard InChI is InChI=1S/C11H16O5S/c1-8(2)11(13)15-4-3-9(12)16-10-7-14-5-6-17-10/h10H,1,3-7H2,2H3. The fourth-order valence-electron chi connectivity index (χ4n) is 1.09. The minimum atomic E-state index is -0.492. The van der Waals surface area contributed by atoms with Crippen molar-refractivity contribution in [3.05, 3.63) is 12.2 Å². The number of hydrogen-bond acceptors (Lipinski definition) is 6. The molecule has 0 spiro atoms. The Hall–Kier alpha value is -1.01. The molecule has 1 rings (SSSR count). The molecular weight excluding hydrogens is 244 g/mol. The molecule has 1 atom stereocenters. The van der Waals surface area contributed by atoms with Crippen LogP contribution in [0.15, 0.2) is 12.2 Å². The molecule has 1 fully saturated rings. The van der Waals surface area contributed by atoms with Crippen LogP contribution in [0.3, 0.4) is 0 Å². The van der Waals surface area contributed by atoms with Gasteiger partial charge < -0.3 is 14.2 Å². The van der Waals surface area contributed by atoms with E-state index in [-0.39, 0.29) is 24.4 Å². The summed E-state index contributed by atoms with van der Waals surface area (Å²) in [5.41, 5.74) is 0.0719. The molecule has 0 radical (unpaired) electrons. The zero-order valence-corrected chi connectivity index (χ0v) is 10.6. The van der Waals surface area contributed by atoms with Crippen LogP contribution in [0, 0.1) is 0 Å². The number of ether oxygens (including phenoxy) is 3. The molecule has 0 N–H and O–H groups in total. The van der Waals surface area contributed by atoms with Gasteiger partial charge in [0, 0.05) is 11.3 Å². The van der Waals surface area contributed by atoms with Crippen LogP contribution in [0.1, 0.15) is 13.3 Å². The average Bonchev–Trinajstić information content (AvgIpc) is 2.30. The van der Waals surface area contributed by atoms with Crippen LogP contribution in [0.5, 0.6) is 0 Å². The van der Waals surface area contributed by atoms with Gasteiger partial charge in [-0.05, 0) is 6.92 Å². The highest BCUT2D eigenvalue weighted by Gasteiger charge is 2.18. The smallest absolute Gasteiger partial charge is 0.333 e. The maximum atomic E-state index is 11.4. The first-order valence-corrected chi connectivity index (χ1v) is 6.36. The van der Waals surface area contributed by atoms with Crippen molar-refractivity contribution in [1.29, 1.82) is 0 Å². The lowest BCUT2D eigenvalue weighted by atomic mass is 10.4. The summed E-state index contributed by atoms with van der Waals surface area (Å²) in [7, 11) is 0. The van der Waals surface area contributed by atoms with Crippen molar-refractivity contribution >= 4 is 23.7 Å². The predicted molar refractivity (Wildman–Crippen MR) is 63.5 cm³/mol. The van der Waals surface area contributed by atoms with E-state index in [1.165, 1.54) is 0 Å². The molecule has 0 aromatic rings. The topological polar surface area (TPSA) is 61.8 Å². The fraction of sp³-hybridized carbons (Fsp3) is 0.636. The van der Waals surface area contributed by atoms with Gasteiger partial charge >= 0.3 is 11.9 Å². The Bertz CT molecular complexity index is 296. The lowest BCUT2D eigenvalue weighted by Gasteiger charge is -2.21. The first kappa shape index (κ1) is 14.1. The van der Waals surface area contributed by atoms with E-state index in [0.29, 0.717) is 18.8 Å². The summed E-state index contributed by atoms with van der Waals surface area (Å²) in [6.07, 6.45) is 0.0517. The first-order valence-electron chi connectivity index (χ1n) is 5.31. The lowest BCUT2D eigenvalue weighted by Crippen LogP contribution is -2.26. The van der Waals surface area contributed by atoms with Gasteiger partial charge in [0.25, 0.3) is 0 Å². The van der Waals surface area contributed by atoms with Crippen molar-refractivity contribution in [2.75, 3.05) is 25.6 Å². The van der Waals surface area contributed by atoms with Gasteiger partial charge in [0.15, 0.2) is 5.44 Å². The van der Waals surface area contributed by atoms with E-state index in [1.807, 2.05) is 0 Å². The molecule has 0 aliphatic carbocycles. The highest BCUT2D eigenvalue weighted by atomic mass is 32.2. The van der Waals surface area contributed by atoms with Crippen LogP contribution >= 0.6 is 11.8 Å². The molecule has 96 valence electrons. The Balaban J connectivity index is 2.12. The van der Waals surface area contributed by atoms with Crippen molar-refractivity contribution in [3.63, 3.8) is 0 Å². The van der Waals surface area contributed by atoms with Gasteiger partial charge in [-0.3, -0.25) is 4.79 Å². The van der Waals surface area contributed by atoms with Gasteiger partial charge in [0.2, 0.25) is 0 Å². The molecule has 0 aromatic heterocycles. The normalized spacial score (nSPS) is 19.5. The zero-order valence-electron chi connectivity index (χ0n) is 9.77. The van der Waals surface area contributed by atoms with Crippen LogP contribution in [0.4, 0.5) is 0 Å². The van der Waals surface area contributed by atoms with Crippen LogP contribution in [-0.2, 0) is 23.8 Å². The van der Waals surface area contributed by atoms with Gasteiger partial charge in [-0.2, -0.15) is 0 Å². The van der Waals surface area contributed by atoms with E-state index in [4.69, 9.17) is 14.2 Å². The van der Waals surface area contributed by atoms with Gasteiger partial charge in [0.05, 0.1) is 19.6 Å². The van der Waals surface area contributed by atoms with Crippen molar-refractivity contribution in [3.8, 4) is 0 Å². The number of thioether (sulfide) groups is 1. The maximum absolute atomic E-state index is 11.4. The van der Waals surface area contributed by atoms with Crippen molar-refractivity contribution in [2.24, 2.45) is 0 Å². The van der Waals surface area contributed by atoms with Crippen LogP contribution < -0.4 is 0 Å². The number of carbonyl (C=O) groups is 2. The third-order valence-corrected chi connectivity index (χ3v) is 2.94. The van der Waals surface area contributed by atoms with Gasteiger partial charge in [-0.25, -0.2) is 4.79 Å². The fourth-order valence-corrected chi connectivity index (χ4v) is 1.93. The molecule has 5 nitrogen and oxygen atoms in total. The molecule has 17 heavy (non-hydrogen) atoms. The van der Waals surface area contributed by atoms with E-state index in [0.717, 1.165) is 5.75 Å². The number of hydrogen-bond donors (Lipinski definition) is 0. The maximum Gasteiger partial charge on any atom is 0.333 e. The SMILES string of the molecule is C=C(C)C(=O)OCCC(=O)OC1COCCS1. The van der Waals surface area contributed by atoms with E-state index in [1.54, 1.807) is 18.7 Å². The minimum Gasteiger partial charge on any atom is -0.462 e. The molecule has 1 aliphatic heterocycles. The second-order valence-corrected chi connectivity index (χ2v) is 4.80. The summed E-state index contributed by atoms with van der Waals surface area (Å²) in [5, 5.41) is 0. The van der Waals surface area contributed by atoms with Crippen molar-refractivity contribution < 1.29 is 23.8 Å². The largest absolute Gasteiger partial charge is 0.462 e. The summed E-state index contributed by atoms with van der Waals surface area (Å²) in [5.74, 6) is -0.0570. The van der Waals surface area contributed by atoms with Crippen LogP contribution in [0.25, 0.3) is 0 Å². The summed E-state index contributed by atoms with van der Waals surface area (Å²) in [6.45, 7) is 6.11. The summed E-state index contributed by atoms with van der Waals surface area (Å²) < 4.78 is 15.1. The number of carbonyl (C=O) groups excluding carboxylic acids is 2. The Morgan fingerprint density at radius 2 is 2.29 bits per heavy atom. The molecule has 0 bridgehead atoms. The predicted octanol–water partition coefficient (Wildman–Crippen LogP) is 1.13. The van der Waals surface area contributed by atoms with Crippen LogP contribution in [0.2, 0.25) is 0 Å². The highest BCUT2D eigenvalue weighted by molar-refractivity contribution is 7.99. The summed E-state index contributed by atoms with van der Waals surface area (Å²) >= 11 is 1.55. The Morgan fingerprint density at radius 3 is 2.88 bits per heavy atom. The van der Waals surface area contributed by atoms with Crippen LogP contribution in [-0.4, -0.2) is 42.9 Å². The lowest BCUT2D eigenvalue weighted by molar-refractivity contribution is -0.150. The summed E-state index contributed by atoms with van der Waals surface area (Å²) in [6, 6.07) is 0. The van der Waals surface area contributed by atoms with E-state index < -0.39 is 5.97 Å². The van der Waals surface area contributed by atoms with E-state index >= 15 is 0 Å². The van der Waals surface area contributed by atoms with Crippen molar-refractivity contribution in [1.82, 2.24) is 0 Å². The minimum absolute atomic E-state index is 0.0166. The third kappa shape index (κ3) is 5.74. The number of rotatable bonds is 5. The monoisotopic (exact) mass is 260 g/mol. The molecule has 0 saturated carbocycles. The molecule has 1 heterocycles. The third-order valence-electron chi connectivity index (χ3n) is 1.94. The van der Waals surface area contributed by atoms with Gasteiger partial charge in [-0.15, -0.1) is 11.8 Å². The van der Waals surface area contributed by atoms with E-state index in [9.17, 15) is 9.59 Å². The average molecular weight is 260 g/mol. The molecule has 1 unspecified atom stereocenters. The Kier molecular flexibility index (Phi) is 6.07. The van der Waals surface area contributed by atoms with Gasteiger partial charge in [0.1, 0.15) is 6.61 Å². The molecule has 6 heteroatoms. The molecule has 0 amide bonds. The second kappa shape index (κ2) is 7.34. The second-order valence-electron chi connectivity index (χ2n) is 3.53. The first-order chi connectivity index (χ1) is 8.09. The zero-order chi connectivity index (χ0) is 12.7. The molecule has 0 aromatic carbocycles. The highest BCUT2D eigenvalue weighted by Crippen LogP contribution is 2.17. The van der Waals surface area contributed by atoms with E-state index in [2.05, 4.69) is 6.58 Å². The number of esters is 2. The summed E-state index contributed by atoms with van der Waals surface area (Å²) in [4.78, 5) is 22.4. The quantitative estimate of drug-likeness (QED) is 0.545. The van der Waals surface area contributed by atoms with Gasteiger partial charge in [-0.1, -0.05) is 6.58 Å². The molecule has 1 saturated heterocycles. The molecule has 1 aliphatic rings. The Morgan fingerprint density at radius 1 is 1.53 bits per heavy atom.